The molecule has 1 heterocycles. The normalized spacial score (nSPS) is 12.3. The average Bonchev–Trinajstić information content (AvgIpc) is 3.06. The second kappa shape index (κ2) is 8.87. The molecule has 2 amide bonds. The lowest BCUT2D eigenvalue weighted by Gasteiger charge is -2.13. The summed E-state index contributed by atoms with van der Waals surface area (Å²) in [5, 5.41) is 15.2. The number of halogens is 3. The van der Waals surface area contributed by atoms with Crippen LogP contribution < -0.4 is 15.4 Å². The van der Waals surface area contributed by atoms with Crippen LogP contribution in [0, 0.1) is 0 Å². The van der Waals surface area contributed by atoms with Crippen LogP contribution in [0.15, 0.2) is 36.4 Å². The summed E-state index contributed by atoms with van der Waals surface area (Å²) in [5.41, 5.74) is 0.336. The molecule has 1 aromatic carbocycles. The topological polar surface area (TPSA) is 87.7 Å². The Balaban J connectivity index is 1.86. The van der Waals surface area contributed by atoms with Gasteiger partial charge in [0, 0.05) is 18.3 Å². The molecule has 0 aliphatic heterocycles. The van der Waals surface area contributed by atoms with E-state index in [4.69, 9.17) is 0 Å². The zero-order valence-corrected chi connectivity index (χ0v) is 15.0. The first-order valence-corrected chi connectivity index (χ1v) is 8.61. The predicted molar refractivity (Wildman–Crippen MR) is 92.3 cm³/mol. The number of carbonyl (C=O) groups is 2. The Hall–Kier alpha value is -2.59. The molecule has 2 rings (SSSR count). The smallest absolute Gasteiger partial charge is 0.406 e. The van der Waals surface area contributed by atoms with Crippen LogP contribution in [0.5, 0.6) is 5.75 Å². The molecular weight excluding hydrogens is 385 g/mol. The zero-order chi connectivity index (χ0) is 20.0. The number of hydrogen-bond acceptors (Lipinski definition) is 5. The number of hydrogen-bond donors (Lipinski definition) is 3. The van der Waals surface area contributed by atoms with Crippen molar-refractivity contribution in [1.29, 1.82) is 0 Å². The van der Waals surface area contributed by atoms with E-state index in [0.717, 1.165) is 17.0 Å². The van der Waals surface area contributed by atoms with Gasteiger partial charge >= 0.3 is 6.36 Å². The summed E-state index contributed by atoms with van der Waals surface area (Å²) < 4.78 is 40.1. The maximum atomic E-state index is 12.1. The highest BCUT2D eigenvalue weighted by atomic mass is 32.1. The number of rotatable bonds is 7. The second-order valence-electron chi connectivity index (χ2n) is 5.52. The van der Waals surface area contributed by atoms with Crippen molar-refractivity contribution >= 4 is 23.2 Å². The van der Waals surface area contributed by atoms with Crippen LogP contribution in [0.4, 0.5) is 13.2 Å². The van der Waals surface area contributed by atoms with E-state index in [1.54, 1.807) is 12.1 Å². The summed E-state index contributed by atoms with van der Waals surface area (Å²) in [5.74, 6) is -0.970. The first-order chi connectivity index (χ1) is 12.6. The third-order valence-electron chi connectivity index (χ3n) is 3.35. The number of benzene rings is 1. The number of amides is 2. The molecule has 0 fully saturated rings. The number of alkyl halides is 3. The largest absolute Gasteiger partial charge is 0.573 e. The van der Waals surface area contributed by atoms with Gasteiger partial charge in [-0.05, 0) is 29.8 Å². The molecule has 146 valence electrons. The Labute approximate surface area is 157 Å². The fraction of sp³-hybridized carbons (Fsp3) is 0.294. The highest BCUT2D eigenvalue weighted by molar-refractivity contribution is 7.14. The van der Waals surface area contributed by atoms with Gasteiger partial charge in [0.15, 0.2) is 0 Å². The van der Waals surface area contributed by atoms with Gasteiger partial charge in [0.05, 0.1) is 17.5 Å². The van der Waals surface area contributed by atoms with Crippen molar-refractivity contribution < 1.29 is 32.6 Å². The van der Waals surface area contributed by atoms with Crippen LogP contribution in [0.3, 0.4) is 0 Å². The molecule has 10 heteroatoms. The number of ether oxygens (including phenoxy) is 1. The molecule has 0 saturated heterocycles. The molecule has 1 unspecified atom stereocenters. The van der Waals surface area contributed by atoms with Gasteiger partial charge in [0.2, 0.25) is 5.91 Å². The molecule has 0 radical (unpaired) electrons. The quantitative estimate of drug-likeness (QED) is 0.665. The highest BCUT2D eigenvalue weighted by Gasteiger charge is 2.31. The molecule has 0 aliphatic rings. The summed E-state index contributed by atoms with van der Waals surface area (Å²) in [6, 6.07) is 8.06. The molecule has 27 heavy (non-hydrogen) atoms. The number of thiophene rings is 1. The predicted octanol–water partition coefficient (Wildman–Crippen LogP) is 2.75. The average molecular weight is 402 g/mol. The van der Waals surface area contributed by atoms with Crippen molar-refractivity contribution in [1.82, 2.24) is 10.6 Å². The van der Waals surface area contributed by atoms with Crippen LogP contribution in [-0.2, 0) is 11.3 Å². The molecule has 6 nitrogen and oxygen atoms in total. The van der Waals surface area contributed by atoms with E-state index >= 15 is 0 Å². The van der Waals surface area contributed by atoms with E-state index in [9.17, 15) is 27.9 Å². The minimum Gasteiger partial charge on any atom is -0.406 e. The third-order valence-corrected chi connectivity index (χ3v) is 4.44. The van der Waals surface area contributed by atoms with Gasteiger partial charge in [0.25, 0.3) is 5.91 Å². The fourth-order valence-corrected chi connectivity index (χ4v) is 2.96. The van der Waals surface area contributed by atoms with Crippen molar-refractivity contribution in [2.24, 2.45) is 0 Å². The Kier molecular flexibility index (Phi) is 6.81. The SMILES string of the molecule is CC(=O)NCc1ccc(C(=O)NCC(O)c2ccc(OC(F)(F)F)cc2)s1. The third kappa shape index (κ3) is 6.91. The Bertz CT molecular complexity index is 790. The fourth-order valence-electron chi connectivity index (χ4n) is 2.09. The summed E-state index contributed by atoms with van der Waals surface area (Å²) in [6.45, 7) is 1.60. The Morgan fingerprint density at radius 3 is 2.41 bits per heavy atom. The van der Waals surface area contributed by atoms with Crippen LogP contribution in [0.2, 0.25) is 0 Å². The molecule has 1 aromatic heterocycles. The lowest BCUT2D eigenvalue weighted by atomic mass is 10.1. The number of nitrogens with one attached hydrogen (secondary N) is 2. The summed E-state index contributed by atoms with van der Waals surface area (Å²) in [7, 11) is 0. The standard InChI is InChI=1S/C17H17F3N2O4S/c1-10(23)21-8-13-6-7-15(27-13)16(25)22-9-14(24)11-2-4-12(5-3-11)26-17(18,19)20/h2-7,14,24H,8-9H2,1H3,(H,21,23)(H,22,25). The van der Waals surface area contributed by atoms with Crippen molar-refractivity contribution in [3.05, 3.63) is 51.7 Å². The van der Waals surface area contributed by atoms with Crippen LogP contribution in [-0.4, -0.2) is 29.8 Å². The summed E-state index contributed by atoms with van der Waals surface area (Å²) in [6.07, 6.45) is -5.87. The van der Waals surface area contributed by atoms with E-state index in [2.05, 4.69) is 15.4 Å². The van der Waals surface area contributed by atoms with Crippen molar-refractivity contribution in [2.75, 3.05) is 6.54 Å². The molecule has 1 atom stereocenters. The lowest BCUT2D eigenvalue weighted by molar-refractivity contribution is -0.274. The first kappa shape index (κ1) is 20.7. The van der Waals surface area contributed by atoms with Crippen LogP contribution in [0.1, 0.15) is 33.1 Å². The Morgan fingerprint density at radius 2 is 1.81 bits per heavy atom. The van der Waals surface area contributed by atoms with Gasteiger partial charge in [-0.15, -0.1) is 24.5 Å². The monoisotopic (exact) mass is 402 g/mol. The van der Waals surface area contributed by atoms with Gasteiger partial charge < -0.3 is 20.5 Å². The summed E-state index contributed by atoms with van der Waals surface area (Å²) in [4.78, 5) is 24.2. The molecule has 0 aliphatic carbocycles. The van der Waals surface area contributed by atoms with Crippen molar-refractivity contribution in [3.8, 4) is 5.75 Å². The van der Waals surface area contributed by atoms with Gasteiger partial charge in [-0.3, -0.25) is 9.59 Å². The summed E-state index contributed by atoms with van der Waals surface area (Å²) >= 11 is 1.21. The van der Waals surface area contributed by atoms with Gasteiger partial charge in [0.1, 0.15) is 5.75 Å². The minimum absolute atomic E-state index is 0.114. The first-order valence-electron chi connectivity index (χ1n) is 7.79. The maximum absolute atomic E-state index is 12.1. The van der Waals surface area contributed by atoms with E-state index in [0.29, 0.717) is 17.0 Å². The second-order valence-corrected chi connectivity index (χ2v) is 6.69. The highest BCUT2D eigenvalue weighted by Crippen LogP contribution is 2.24. The van der Waals surface area contributed by atoms with Gasteiger partial charge in [-0.1, -0.05) is 12.1 Å². The van der Waals surface area contributed by atoms with E-state index in [1.807, 2.05) is 0 Å². The molecule has 2 aromatic rings. The van der Waals surface area contributed by atoms with Gasteiger partial charge in [-0.25, -0.2) is 0 Å². The van der Waals surface area contributed by atoms with Crippen molar-refractivity contribution in [3.63, 3.8) is 0 Å². The van der Waals surface area contributed by atoms with E-state index in [-0.39, 0.29) is 12.5 Å². The molecule has 0 saturated carbocycles. The molecule has 0 spiro atoms. The maximum Gasteiger partial charge on any atom is 0.573 e. The van der Waals surface area contributed by atoms with E-state index < -0.39 is 24.1 Å². The molecule has 3 N–H and O–H groups in total. The van der Waals surface area contributed by atoms with Crippen LogP contribution >= 0.6 is 11.3 Å². The molecular formula is C17H17F3N2O4S. The lowest BCUT2D eigenvalue weighted by Crippen LogP contribution is -2.27. The van der Waals surface area contributed by atoms with E-state index in [1.165, 1.54) is 30.4 Å². The number of aliphatic hydroxyl groups is 1. The Morgan fingerprint density at radius 1 is 1.15 bits per heavy atom. The van der Waals surface area contributed by atoms with Gasteiger partial charge in [-0.2, -0.15) is 0 Å². The molecule has 0 bridgehead atoms. The van der Waals surface area contributed by atoms with Crippen LogP contribution in [0.25, 0.3) is 0 Å². The minimum atomic E-state index is -4.78. The number of aliphatic hydroxyl groups excluding tert-OH is 1. The zero-order valence-electron chi connectivity index (χ0n) is 14.2. The van der Waals surface area contributed by atoms with Crippen molar-refractivity contribution in [2.45, 2.75) is 25.9 Å². The number of carbonyl (C=O) groups excluding carboxylic acids is 2.